The van der Waals surface area contributed by atoms with E-state index in [9.17, 15) is 9.18 Å². The molecule has 140 valence electrons. The third-order valence-electron chi connectivity index (χ3n) is 4.85. The van der Waals surface area contributed by atoms with Crippen molar-refractivity contribution >= 4 is 16.9 Å². The molecule has 4 rings (SSSR count). The molecule has 0 aliphatic carbocycles. The highest BCUT2D eigenvalue weighted by Gasteiger charge is 2.25. The van der Waals surface area contributed by atoms with Crippen molar-refractivity contribution < 1.29 is 13.7 Å². The minimum Gasteiger partial charge on any atom is -0.356 e. The van der Waals surface area contributed by atoms with Crippen molar-refractivity contribution in [1.29, 1.82) is 0 Å². The van der Waals surface area contributed by atoms with Gasteiger partial charge >= 0.3 is 0 Å². The number of amides is 1. The summed E-state index contributed by atoms with van der Waals surface area (Å²) < 4.78 is 18.7. The molecule has 4 nitrogen and oxygen atoms in total. The number of likely N-dealkylation sites (N-methyl/N-ethyl adjacent to an activating group) is 1. The van der Waals surface area contributed by atoms with Crippen molar-refractivity contribution in [1.82, 2.24) is 10.1 Å². The molecule has 1 amide bonds. The molecule has 0 bridgehead atoms. The number of carbonyl (C=O) groups excluding carboxylic acids is 1. The van der Waals surface area contributed by atoms with Crippen LogP contribution in [0.3, 0.4) is 0 Å². The fraction of sp³-hybridized carbons (Fsp3) is 0.130. The van der Waals surface area contributed by atoms with Crippen LogP contribution >= 0.6 is 0 Å². The van der Waals surface area contributed by atoms with E-state index in [1.54, 1.807) is 24.1 Å². The number of carbonyl (C=O) groups is 1. The molecule has 0 aliphatic heterocycles. The van der Waals surface area contributed by atoms with Crippen LogP contribution in [0.4, 0.5) is 4.39 Å². The predicted molar refractivity (Wildman–Crippen MR) is 105 cm³/mol. The second kappa shape index (κ2) is 7.64. The zero-order valence-corrected chi connectivity index (χ0v) is 15.4. The lowest BCUT2D eigenvalue weighted by Gasteiger charge is -2.29. The molecule has 1 aromatic heterocycles. The summed E-state index contributed by atoms with van der Waals surface area (Å²) in [7, 11) is 1.76. The van der Waals surface area contributed by atoms with Gasteiger partial charge in [0.1, 0.15) is 11.5 Å². The summed E-state index contributed by atoms with van der Waals surface area (Å²) in [6.45, 7) is 0. The van der Waals surface area contributed by atoms with Crippen molar-refractivity contribution in [3.63, 3.8) is 0 Å². The topological polar surface area (TPSA) is 46.3 Å². The van der Waals surface area contributed by atoms with Crippen LogP contribution in [0.5, 0.6) is 0 Å². The van der Waals surface area contributed by atoms with Crippen molar-refractivity contribution in [3.05, 3.63) is 102 Å². The molecule has 0 saturated carbocycles. The van der Waals surface area contributed by atoms with Crippen molar-refractivity contribution in [2.45, 2.75) is 12.5 Å². The van der Waals surface area contributed by atoms with Gasteiger partial charge in [-0.3, -0.25) is 4.79 Å². The van der Waals surface area contributed by atoms with Crippen molar-refractivity contribution in [3.8, 4) is 0 Å². The molecule has 5 heteroatoms. The Morgan fingerprint density at radius 3 is 2.36 bits per heavy atom. The Kier molecular flexibility index (Phi) is 4.89. The Bertz CT molecular complexity index is 1090. The van der Waals surface area contributed by atoms with Gasteiger partial charge in [0.05, 0.1) is 12.5 Å². The lowest BCUT2D eigenvalue weighted by atomic mass is 9.97. The van der Waals surface area contributed by atoms with Gasteiger partial charge in [-0.05, 0) is 35.4 Å². The minimum atomic E-state index is -0.326. The van der Waals surface area contributed by atoms with E-state index in [-0.39, 0.29) is 24.2 Å². The first-order chi connectivity index (χ1) is 13.6. The number of para-hydroxylation sites is 1. The van der Waals surface area contributed by atoms with E-state index in [1.165, 1.54) is 12.1 Å². The summed E-state index contributed by atoms with van der Waals surface area (Å²) >= 11 is 0. The average molecular weight is 374 g/mol. The molecule has 0 radical (unpaired) electrons. The maximum atomic E-state index is 13.4. The van der Waals surface area contributed by atoms with Gasteiger partial charge in [0.2, 0.25) is 5.91 Å². The highest BCUT2D eigenvalue weighted by molar-refractivity contribution is 5.86. The molecule has 0 saturated heterocycles. The van der Waals surface area contributed by atoms with E-state index in [0.717, 1.165) is 16.5 Å². The van der Waals surface area contributed by atoms with Gasteiger partial charge in [0.25, 0.3) is 0 Å². The van der Waals surface area contributed by atoms with E-state index in [0.29, 0.717) is 11.3 Å². The first kappa shape index (κ1) is 17.9. The van der Waals surface area contributed by atoms with Crippen molar-refractivity contribution in [2.24, 2.45) is 0 Å². The predicted octanol–water partition coefficient (Wildman–Crippen LogP) is 4.76. The van der Waals surface area contributed by atoms with Gasteiger partial charge in [0.15, 0.2) is 5.58 Å². The lowest BCUT2D eigenvalue weighted by Crippen LogP contribution is -2.33. The minimum absolute atomic E-state index is 0.0998. The zero-order valence-electron chi connectivity index (χ0n) is 15.4. The molecule has 1 atom stereocenters. The van der Waals surface area contributed by atoms with Crippen LogP contribution in [0.1, 0.15) is 22.9 Å². The number of fused-ring (bicyclic) bond motifs is 1. The van der Waals surface area contributed by atoms with Crippen LogP contribution < -0.4 is 0 Å². The van der Waals surface area contributed by atoms with E-state index in [1.807, 2.05) is 54.6 Å². The quantitative estimate of drug-likeness (QED) is 0.506. The number of benzene rings is 3. The SMILES string of the molecule is CN(C(=O)Cc1noc2ccccc12)C(c1ccccc1)c1ccc(F)cc1. The van der Waals surface area contributed by atoms with Gasteiger partial charge in [-0.15, -0.1) is 0 Å². The zero-order chi connectivity index (χ0) is 19.5. The number of rotatable bonds is 5. The Morgan fingerprint density at radius 1 is 0.964 bits per heavy atom. The maximum Gasteiger partial charge on any atom is 0.229 e. The molecule has 0 N–H and O–H groups in total. The fourth-order valence-electron chi connectivity index (χ4n) is 3.40. The largest absolute Gasteiger partial charge is 0.356 e. The Hall–Kier alpha value is -3.47. The van der Waals surface area contributed by atoms with E-state index < -0.39 is 0 Å². The number of nitrogens with zero attached hydrogens (tertiary/aromatic N) is 2. The van der Waals surface area contributed by atoms with Crippen LogP contribution in [0.25, 0.3) is 11.0 Å². The first-order valence-corrected chi connectivity index (χ1v) is 9.03. The van der Waals surface area contributed by atoms with Gasteiger partial charge < -0.3 is 9.42 Å². The smallest absolute Gasteiger partial charge is 0.229 e. The third kappa shape index (κ3) is 3.51. The molecule has 3 aromatic carbocycles. The number of hydrogen-bond donors (Lipinski definition) is 0. The van der Waals surface area contributed by atoms with E-state index >= 15 is 0 Å². The summed E-state index contributed by atoms with van der Waals surface area (Å²) in [6, 6.07) is 23.1. The van der Waals surface area contributed by atoms with Crippen molar-refractivity contribution in [2.75, 3.05) is 7.05 Å². The second-order valence-corrected chi connectivity index (χ2v) is 6.67. The van der Waals surface area contributed by atoms with E-state index in [4.69, 9.17) is 4.52 Å². The number of halogens is 1. The second-order valence-electron chi connectivity index (χ2n) is 6.67. The van der Waals surface area contributed by atoms with Crippen LogP contribution in [-0.4, -0.2) is 23.0 Å². The molecular weight excluding hydrogens is 355 g/mol. The van der Waals surface area contributed by atoms with Crippen LogP contribution in [-0.2, 0) is 11.2 Å². The Morgan fingerprint density at radius 2 is 1.61 bits per heavy atom. The molecular formula is C23H19FN2O2. The molecule has 1 unspecified atom stereocenters. The maximum absolute atomic E-state index is 13.4. The van der Waals surface area contributed by atoms with Gasteiger partial charge in [0, 0.05) is 12.4 Å². The fourth-order valence-corrected chi connectivity index (χ4v) is 3.40. The first-order valence-electron chi connectivity index (χ1n) is 9.03. The van der Waals surface area contributed by atoms with Crippen LogP contribution in [0, 0.1) is 5.82 Å². The summed E-state index contributed by atoms with van der Waals surface area (Å²) in [5.74, 6) is -0.407. The van der Waals surface area contributed by atoms with Gasteiger partial charge in [-0.2, -0.15) is 0 Å². The van der Waals surface area contributed by atoms with Crippen LogP contribution in [0.15, 0.2) is 83.4 Å². The molecule has 0 aliphatic rings. The van der Waals surface area contributed by atoms with Crippen LogP contribution in [0.2, 0.25) is 0 Å². The highest BCUT2D eigenvalue weighted by Crippen LogP contribution is 2.29. The lowest BCUT2D eigenvalue weighted by molar-refractivity contribution is -0.130. The summed E-state index contributed by atoms with van der Waals surface area (Å²) in [5.41, 5.74) is 3.06. The van der Waals surface area contributed by atoms with Gasteiger partial charge in [-0.25, -0.2) is 4.39 Å². The monoisotopic (exact) mass is 374 g/mol. The number of hydrogen-bond acceptors (Lipinski definition) is 3. The highest BCUT2D eigenvalue weighted by atomic mass is 19.1. The summed E-state index contributed by atoms with van der Waals surface area (Å²) in [4.78, 5) is 14.8. The molecule has 4 aromatic rings. The summed E-state index contributed by atoms with van der Waals surface area (Å²) in [6.07, 6.45) is 0.123. The van der Waals surface area contributed by atoms with E-state index in [2.05, 4.69) is 5.16 Å². The third-order valence-corrected chi connectivity index (χ3v) is 4.85. The Balaban J connectivity index is 1.65. The summed E-state index contributed by atoms with van der Waals surface area (Å²) in [5, 5.41) is 4.90. The number of aromatic nitrogens is 1. The Labute approximate surface area is 162 Å². The molecule has 28 heavy (non-hydrogen) atoms. The average Bonchev–Trinajstić information content (AvgIpc) is 3.13. The molecule has 1 heterocycles. The molecule has 0 fully saturated rings. The normalized spacial score (nSPS) is 12.1. The standard InChI is InChI=1S/C23H19FN2O2/c1-26(22(27)15-20-19-9-5-6-10-21(19)28-25-20)23(16-7-3-2-4-8-16)17-11-13-18(24)14-12-17/h2-14,23H,15H2,1H3. The molecule has 0 spiro atoms. The van der Waals surface area contributed by atoms with Gasteiger partial charge in [-0.1, -0.05) is 59.8 Å².